The van der Waals surface area contributed by atoms with E-state index in [2.05, 4.69) is 10.6 Å². The molecule has 0 saturated heterocycles. The molecule has 0 unspecified atom stereocenters. The molecule has 0 atom stereocenters. The maximum absolute atomic E-state index is 13.8. The summed E-state index contributed by atoms with van der Waals surface area (Å²) in [5.41, 5.74) is 3.05. The Morgan fingerprint density at radius 1 is 1.03 bits per heavy atom. The highest BCUT2D eigenvalue weighted by Gasteiger charge is 2.16. The largest absolute Gasteiger partial charge is 0.465 e. The van der Waals surface area contributed by atoms with Gasteiger partial charge in [-0.05, 0) is 67.3 Å². The summed E-state index contributed by atoms with van der Waals surface area (Å²) in [6, 6.07) is 15.1. The molecule has 0 aliphatic rings. The molecule has 154 valence electrons. The standard InChI is InChI=1S/C24H23FN2O3/c1-16-9-10-19(14-17(16)2)23(28)27-22(15-20-7-5-13-30-20)24(29)26-12-11-18-6-3-4-8-21(18)25/h3-10,13-15H,11-12H2,1-2H3,(H,26,29)(H,27,28)/b22-15+. The van der Waals surface area contributed by atoms with E-state index in [1.165, 1.54) is 18.4 Å². The van der Waals surface area contributed by atoms with Crippen molar-refractivity contribution >= 4 is 17.9 Å². The lowest BCUT2D eigenvalue weighted by Gasteiger charge is -2.12. The minimum atomic E-state index is -0.486. The molecule has 0 saturated carbocycles. The average Bonchev–Trinajstić information content (AvgIpc) is 3.24. The van der Waals surface area contributed by atoms with Crippen LogP contribution in [0.5, 0.6) is 0 Å². The Morgan fingerprint density at radius 3 is 2.53 bits per heavy atom. The number of furan rings is 1. The highest BCUT2D eigenvalue weighted by Crippen LogP contribution is 2.12. The van der Waals surface area contributed by atoms with Crippen molar-refractivity contribution in [2.24, 2.45) is 0 Å². The van der Waals surface area contributed by atoms with E-state index < -0.39 is 11.8 Å². The van der Waals surface area contributed by atoms with Crippen LogP contribution in [0.15, 0.2) is 71.0 Å². The van der Waals surface area contributed by atoms with Crippen molar-refractivity contribution in [3.63, 3.8) is 0 Å². The number of carbonyl (C=O) groups excluding carboxylic acids is 2. The van der Waals surface area contributed by atoms with Crippen LogP contribution in [0.4, 0.5) is 4.39 Å². The van der Waals surface area contributed by atoms with Crippen LogP contribution >= 0.6 is 0 Å². The van der Waals surface area contributed by atoms with Gasteiger partial charge in [0.05, 0.1) is 6.26 Å². The van der Waals surface area contributed by atoms with Crippen LogP contribution < -0.4 is 10.6 Å². The molecule has 0 bridgehead atoms. The molecule has 0 fully saturated rings. The number of carbonyl (C=O) groups is 2. The third-order valence-corrected chi connectivity index (χ3v) is 4.73. The fourth-order valence-electron chi connectivity index (χ4n) is 2.86. The van der Waals surface area contributed by atoms with E-state index in [1.54, 1.807) is 42.5 Å². The summed E-state index contributed by atoms with van der Waals surface area (Å²) in [5.74, 6) is -0.782. The third-order valence-electron chi connectivity index (χ3n) is 4.73. The van der Waals surface area contributed by atoms with Crippen LogP contribution in [0, 0.1) is 19.7 Å². The first-order chi connectivity index (χ1) is 14.4. The van der Waals surface area contributed by atoms with E-state index in [-0.39, 0.29) is 18.1 Å². The summed E-state index contributed by atoms with van der Waals surface area (Å²) in [6.45, 7) is 4.10. The van der Waals surface area contributed by atoms with Gasteiger partial charge in [-0.2, -0.15) is 0 Å². The van der Waals surface area contributed by atoms with Crippen molar-refractivity contribution in [3.8, 4) is 0 Å². The van der Waals surface area contributed by atoms with Gasteiger partial charge in [0.25, 0.3) is 11.8 Å². The second-order valence-corrected chi connectivity index (χ2v) is 6.92. The molecule has 2 aromatic carbocycles. The van der Waals surface area contributed by atoms with Crippen molar-refractivity contribution in [3.05, 3.63) is 100 Å². The number of nitrogens with one attached hydrogen (secondary N) is 2. The summed E-state index contributed by atoms with van der Waals surface area (Å²) >= 11 is 0. The number of hydrogen-bond acceptors (Lipinski definition) is 3. The molecule has 5 nitrogen and oxygen atoms in total. The molecule has 0 aliphatic carbocycles. The summed E-state index contributed by atoms with van der Waals surface area (Å²) in [4.78, 5) is 25.4. The van der Waals surface area contributed by atoms with Crippen LogP contribution in [0.1, 0.15) is 32.8 Å². The van der Waals surface area contributed by atoms with Gasteiger partial charge in [-0.15, -0.1) is 0 Å². The molecule has 2 amide bonds. The fourth-order valence-corrected chi connectivity index (χ4v) is 2.86. The topological polar surface area (TPSA) is 71.3 Å². The molecule has 1 aromatic heterocycles. The monoisotopic (exact) mass is 406 g/mol. The van der Waals surface area contributed by atoms with Crippen molar-refractivity contribution < 1.29 is 18.4 Å². The quantitative estimate of drug-likeness (QED) is 0.579. The minimum absolute atomic E-state index is 0.0433. The molecule has 3 aromatic rings. The number of aryl methyl sites for hydroxylation is 2. The summed E-state index contributed by atoms with van der Waals surface area (Å²) in [6.07, 6.45) is 3.26. The van der Waals surface area contributed by atoms with Gasteiger partial charge in [-0.3, -0.25) is 9.59 Å². The molecule has 30 heavy (non-hydrogen) atoms. The smallest absolute Gasteiger partial charge is 0.267 e. The first-order valence-corrected chi connectivity index (χ1v) is 9.59. The Balaban J connectivity index is 1.72. The first kappa shape index (κ1) is 21.0. The molecular weight excluding hydrogens is 383 g/mol. The van der Waals surface area contributed by atoms with E-state index >= 15 is 0 Å². The SMILES string of the molecule is Cc1ccc(C(=O)N/C(=C/c2ccco2)C(=O)NCCc2ccccc2F)cc1C. The van der Waals surface area contributed by atoms with Crippen LogP contribution in [0.25, 0.3) is 6.08 Å². The van der Waals surface area contributed by atoms with Crippen LogP contribution in [0.3, 0.4) is 0 Å². The number of hydrogen-bond donors (Lipinski definition) is 2. The average molecular weight is 406 g/mol. The van der Waals surface area contributed by atoms with Crippen molar-refractivity contribution in [1.29, 1.82) is 0 Å². The van der Waals surface area contributed by atoms with Crippen LogP contribution in [0.2, 0.25) is 0 Å². The summed E-state index contributed by atoms with van der Waals surface area (Å²) in [5, 5.41) is 5.37. The number of rotatable bonds is 7. The van der Waals surface area contributed by atoms with E-state index in [9.17, 15) is 14.0 Å². The molecule has 0 spiro atoms. The van der Waals surface area contributed by atoms with Gasteiger partial charge in [0.2, 0.25) is 0 Å². The Hall–Kier alpha value is -3.67. The molecule has 0 radical (unpaired) electrons. The third kappa shape index (κ3) is 5.44. The van der Waals surface area contributed by atoms with Crippen molar-refractivity contribution in [1.82, 2.24) is 10.6 Å². The minimum Gasteiger partial charge on any atom is -0.465 e. The zero-order valence-electron chi connectivity index (χ0n) is 16.9. The molecule has 0 aliphatic heterocycles. The Kier molecular flexibility index (Phi) is 6.80. The molecule has 1 heterocycles. The zero-order chi connectivity index (χ0) is 21.5. The second kappa shape index (κ2) is 9.69. The van der Waals surface area contributed by atoms with Crippen LogP contribution in [-0.2, 0) is 11.2 Å². The number of amides is 2. The highest BCUT2D eigenvalue weighted by atomic mass is 19.1. The lowest BCUT2D eigenvalue weighted by Crippen LogP contribution is -2.35. The molecular formula is C24H23FN2O3. The fraction of sp³-hybridized carbons (Fsp3) is 0.167. The molecule has 6 heteroatoms. The maximum Gasteiger partial charge on any atom is 0.267 e. The van der Waals surface area contributed by atoms with Gasteiger partial charge in [-0.1, -0.05) is 24.3 Å². The van der Waals surface area contributed by atoms with E-state index in [1.807, 2.05) is 19.9 Å². The van der Waals surface area contributed by atoms with E-state index in [0.717, 1.165) is 11.1 Å². The van der Waals surface area contributed by atoms with E-state index in [0.29, 0.717) is 23.3 Å². The van der Waals surface area contributed by atoms with Gasteiger partial charge in [0.15, 0.2) is 0 Å². The molecule has 3 rings (SSSR count). The Labute approximate surface area is 174 Å². The number of benzene rings is 2. The summed E-state index contributed by atoms with van der Waals surface area (Å²) < 4.78 is 19.0. The lowest BCUT2D eigenvalue weighted by atomic mass is 10.1. The van der Waals surface area contributed by atoms with E-state index in [4.69, 9.17) is 4.42 Å². The Bertz CT molecular complexity index is 1070. The highest BCUT2D eigenvalue weighted by molar-refractivity contribution is 6.05. The molecule has 2 N–H and O–H groups in total. The maximum atomic E-state index is 13.8. The van der Waals surface area contributed by atoms with Gasteiger partial charge in [-0.25, -0.2) is 4.39 Å². The second-order valence-electron chi connectivity index (χ2n) is 6.92. The normalized spacial score (nSPS) is 11.2. The summed E-state index contributed by atoms with van der Waals surface area (Å²) in [7, 11) is 0. The van der Waals surface area contributed by atoms with Gasteiger partial charge < -0.3 is 15.1 Å². The Morgan fingerprint density at radius 2 is 1.83 bits per heavy atom. The van der Waals surface area contributed by atoms with Crippen LogP contribution in [-0.4, -0.2) is 18.4 Å². The number of halogens is 1. The lowest BCUT2D eigenvalue weighted by molar-refractivity contribution is -0.117. The predicted molar refractivity (Wildman–Crippen MR) is 113 cm³/mol. The van der Waals surface area contributed by atoms with Gasteiger partial charge in [0, 0.05) is 18.2 Å². The first-order valence-electron chi connectivity index (χ1n) is 9.59. The van der Waals surface area contributed by atoms with Gasteiger partial charge in [0.1, 0.15) is 17.3 Å². The zero-order valence-corrected chi connectivity index (χ0v) is 16.9. The van der Waals surface area contributed by atoms with Crippen molar-refractivity contribution in [2.75, 3.05) is 6.54 Å². The van der Waals surface area contributed by atoms with Gasteiger partial charge >= 0.3 is 0 Å². The van der Waals surface area contributed by atoms with Crippen molar-refractivity contribution in [2.45, 2.75) is 20.3 Å². The predicted octanol–water partition coefficient (Wildman–Crippen LogP) is 4.17.